The first kappa shape index (κ1) is 20.8. The Morgan fingerprint density at radius 3 is 2.35 bits per heavy atom. The number of rotatable bonds is 6. The Hall–Kier alpha value is -3.45. The van der Waals surface area contributed by atoms with Crippen LogP contribution in [0.1, 0.15) is 17.3 Å². The van der Waals surface area contributed by atoms with E-state index >= 15 is 0 Å². The maximum absolute atomic E-state index is 13.2. The maximum atomic E-state index is 13.2. The van der Waals surface area contributed by atoms with Crippen molar-refractivity contribution in [1.82, 2.24) is 9.47 Å². The second-order valence-corrected chi connectivity index (χ2v) is 7.40. The van der Waals surface area contributed by atoms with Gasteiger partial charge in [0.15, 0.2) is 0 Å². The topological polar surface area (TPSA) is 71.9 Å². The van der Waals surface area contributed by atoms with Crippen molar-refractivity contribution in [2.45, 2.75) is 13.5 Å². The van der Waals surface area contributed by atoms with Crippen LogP contribution in [0.25, 0.3) is 10.9 Å². The van der Waals surface area contributed by atoms with E-state index in [0.717, 1.165) is 5.52 Å². The lowest BCUT2D eigenvalue weighted by Crippen LogP contribution is -2.42. The van der Waals surface area contributed by atoms with Gasteiger partial charge >= 0.3 is 0 Å². The molecule has 0 saturated carbocycles. The molecule has 0 atom stereocenters. The van der Waals surface area contributed by atoms with E-state index in [-0.39, 0.29) is 12.5 Å². The number of ether oxygens (including phenoxy) is 1. The summed E-state index contributed by atoms with van der Waals surface area (Å²) in [6.07, 6.45) is 1.63. The number of Topliss-reactive ketones (excluding diaryl/α,β-unsaturated/α-hetero) is 1. The minimum absolute atomic E-state index is 0.0335. The Kier molecular flexibility index (Phi) is 6.13. The van der Waals surface area contributed by atoms with E-state index in [4.69, 9.17) is 4.74 Å². The van der Waals surface area contributed by atoms with Crippen LogP contribution in [-0.4, -0.2) is 59.9 Å². The van der Waals surface area contributed by atoms with Gasteiger partial charge in [-0.25, -0.2) is 0 Å². The zero-order valence-corrected chi connectivity index (χ0v) is 17.5. The van der Waals surface area contributed by atoms with E-state index in [1.165, 1.54) is 4.90 Å². The first-order valence-electron chi connectivity index (χ1n) is 10.4. The molecule has 31 heavy (non-hydrogen) atoms. The van der Waals surface area contributed by atoms with Crippen LogP contribution in [0.15, 0.2) is 60.8 Å². The minimum Gasteiger partial charge on any atom is -0.378 e. The average molecular weight is 419 g/mol. The number of nitrogens with zero attached hydrogens (tertiary/aromatic N) is 3. The predicted molar refractivity (Wildman–Crippen MR) is 118 cm³/mol. The van der Waals surface area contributed by atoms with Gasteiger partial charge in [0, 0.05) is 42.4 Å². The summed E-state index contributed by atoms with van der Waals surface area (Å²) in [5.41, 5.74) is 1.74. The second-order valence-electron chi connectivity index (χ2n) is 7.40. The van der Waals surface area contributed by atoms with E-state index in [1.807, 2.05) is 49.4 Å². The number of amides is 2. The highest BCUT2D eigenvalue weighted by atomic mass is 16.5. The Bertz CT molecular complexity index is 1100. The third-order valence-electron chi connectivity index (χ3n) is 5.53. The third kappa shape index (κ3) is 4.22. The van der Waals surface area contributed by atoms with Crippen molar-refractivity contribution in [2.75, 3.05) is 37.7 Å². The van der Waals surface area contributed by atoms with Gasteiger partial charge in [-0.3, -0.25) is 14.4 Å². The second kappa shape index (κ2) is 9.14. The number of hydrogen-bond donors (Lipinski definition) is 0. The molecule has 7 heteroatoms. The summed E-state index contributed by atoms with van der Waals surface area (Å²) in [6.45, 7) is 4.50. The molecule has 7 nitrogen and oxygen atoms in total. The van der Waals surface area contributed by atoms with Crippen molar-refractivity contribution in [3.63, 3.8) is 0 Å². The number of hydrogen-bond acceptors (Lipinski definition) is 4. The molecule has 0 N–H and O–H groups in total. The Morgan fingerprint density at radius 2 is 1.65 bits per heavy atom. The molecule has 2 heterocycles. The van der Waals surface area contributed by atoms with Crippen LogP contribution in [0, 0.1) is 0 Å². The van der Waals surface area contributed by atoms with E-state index in [1.54, 1.807) is 27.8 Å². The molecular weight excluding hydrogens is 394 g/mol. The van der Waals surface area contributed by atoms with E-state index in [0.29, 0.717) is 49.5 Å². The highest BCUT2D eigenvalue weighted by molar-refractivity contribution is 6.48. The Labute approximate surface area is 180 Å². The number of fused-ring (bicyclic) bond motifs is 1. The molecule has 0 unspecified atom stereocenters. The standard InChI is InChI=1S/C24H25N3O4/c1-2-27(18-8-4-3-5-9-18)24(30)23(29)20-16-26(21-11-7-6-10-19(20)21)17-22(28)25-12-14-31-15-13-25/h3-11,16H,2,12-15,17H2,1H3. The molecule has 3 aromatic rings. The number of ketones is 1. The molecule has 2 amide bonds. The van der Waals surface area contributed by atoms with Crippen LogP contribution < -0.4 is 4.90 Å². The summed E-state index contributed by atoms with van der Waals surface area (Å²) < 4.78 is 7.07. The van der Waals surface area contributed by atoms with Crippen molar-refractivity contribution in [1.29, 1.82) is 0 Å². The lowest BCUT2D eigenvalue weighted by Gasteiger charge is -2.27. The molecule has 4 rings (SSSR count). The molecule has 0 radical (unpaired) electrons. The largest absolute Gasteiger partial charge is 0.378 e. The molecule has 0 bridgehead atoms. The van der Waals surface area contributed by atoms with Gasteiger partial charge < -0.3 is 19.1 Å². The predicted octanol–water partition coefficient (Wildman–Crippen LogP) is 2.74. The summed E-state index contributed by atoms with van der Waals surface area (Å²) in [5, 5.41) is 0.666. The summed E-state index contributed by atoms with van der Waals surface area (Å²) >= 11 is 0. The quantitative estimate of drug-likeness (QED) is 0.455. The molecule has 1 aromatic heterocycles. The molecule has 0 spiro atoms. The van der Waals surface area contributed by atoms with Gasteiger partial charge in [0.1, 0.15) is 6.54 Å². The van der Waals surface area contributed by atoms with Crippen LogP contribution in [-0.2, 0) is 20.9 Å². The normalized spacial score (nSPS) is 13.9. The number of para-hydroxylation sites is 2. The van der Waals surface area contributed by atoms with E-state index in [2.05, 4.69) is 0 Å². The first-order valence-corrected chi connectivity index (χ1v) is 10.4. The van der Waals surface area contributed by atoms with Crippen LogP contribution in [0.2, 0.25) is 0 Å². The molecular formula is C24H25N3O4. The molecule has 160 valence electrons. The number of anilines is 1. The number of benzene rings is 2. The monoisotopic (exact) mass is 419 g/mol. The fourth-order valence-electron chi connectivity index (χ4n) is 3.91. The SMILES string of the molecule is CCN(C(=O)C(=O)c1cn(CC(=O)N2CCOCC2)c2ccccc12)c1ccccc1. The summed E-state index contributed by atoms with van der Waals surface area (Å²) in [6, 6.07) is 16.5. The van der Waals surface area contributed by atoms with Gasteiger partial charge in [-0.15, -0.1) is 0 Å². The summed E-state index contributed by atoms with van der Waals surface area (Å²) in [5.74, 6) is -1.20. The van der Waals surface area contributed by atoms with Gasteiger partial charge in [-0.2, -0.15) is 0 Å². The molecule has 1 saturated heterocycles. The molecule has 1 fully saturated rings. The van der Waals surface area contributed by atoms with Crippen molar-refractivity contribution in [2.24, 2.45) is 0 Å². The van der Waals surface area contributed by atoms with Crippen LogP contribution >= 0.6 is 0 Å². The van der Waals surface area contributed by atoms with Gasteiger partial charge in [-0.1, -0.05) is 36.4 Å². The summed E-state index contributed by atoms with van der Waals surface area (Å²) in [4.78, 5) is 42.3. The molecule has 2 aromatic carbocycles. The van der Waals surface area contributed by atoms with Crippen molar-refractivity contribution in [3.8, 4) is 0 Å². The van der Waals surface area contributed by atoms with Crippen LogP contribution in [0.3, 0.4) is 0 Å². The lowest BCUT2D eigenvalue weighted by atomic mass is 10.1. The molecule has 0 aliphatic carbocycles. The number of carbonyl (C=O) groups is 3. The molecule has 1 aliphatic rings. The van der Waals surface area contributed by atoms with E-state index < -0.39 is 11.7 Å². The average Bonchev–Trinajstić information content (AvgIpc) is 3.18. The lowest BCUT2D eigenvalue weighted by molar-refractivity contribution is -0.135. The maximum Gasteiger partial charge on any atom is 0.299 e. The highest BCUT2D eigenvalue weighted by Crippen LogP contribution is 2.24. The Morgan fingerprint density at radius 1 is 0.968 bits per heavy atom. The Balaban J connectivity index is 1.64. The zero-order valence-electron chi connectivity index (χ0n) is 17.5. The van der Waals surface area contributed by atoms with Gasteiger partial charge in [-0.05, 0) is 25.1 Å². The molecule has 1 aliphatic heterocycles. The van der Waals surface area contributed by atoms with Crippen molar-refractivity contribution >= 4 is 34.2 Å². The number of carbonyl (C=O) groups excluding carboxylic acids is 3. The zero-order chi connectivity index (χ0) is 21.8. The summed E-state index contributed by atoms with van der Waals surface area (Å²) in [7, 11) is 0. The van der Waals surface area contributed by atoms with Crippen LogP contribution in [0.5, 0.6) is 0 Å². The van der Waals surface area contributed by atoms with E-state index in [9.17, 15) is 14.4 Å². The number of morpholine rings is 1. The van der Waals surface area contributed by atoms with Gasteiger partial charge in [0.25, 0.3) is 11.7 Å². The third-order valence-corrected chi connectivity index (χ3v) is 5.53. The minimum atomic E-state index is -0.587. The van der Waals surface area contributed by atoms with Crippen molar-refractivity contribution in [3.05, 3.63) is 66.4 Å². The first-order chi connectivity index (χ1) is 15.1. The van der Waals surface area contributed by atoms with Crippen molar-refractivity contribution < 1.29 is 19.1 Å². The number of likely N-dealkylation sites (N-methyl/N-ethyl adjacent to an activating group) is 1. The fourth-order valence-corrected chi connectivity index (χ4v) is 3.91. The number of aromatic nitrogens is 1. The van der Waals surface area contributed by atoms with Gasteiger partial charge in [0.2, 0.25) is 5.91 Å². The highest BCUT2D eigenvalue weighted by Gasteiger charge is 2.27. The van der Waals surface area contributed by atoms with Gasteiger partial charge in [0.05, 0.1) is 18.8 Å². The fraction of sp³-hybridized carbons (Fsp3) is 0.292. The smallest absolute Gasteiger partial charge is 0.299 e. The van der Waals surface area contributed by atoms with Crippen LogP contribution in [0.4, 0.5) is 5.69 Å².